The van der Waals surface area contributed by atoms with Gasteiger partial charge in [-0.3, -0.25) is 0 Å². The molecule has 3 unspecified atom stereocenters. The quantitative estimate of drug-likeness (QED) is 0.492. The molecule has 0 rings (SSSR count). The summed E-state index contributed by atoms with van der Waals surface area (Å²) in [6.45, 7) is 10.9. The topological polar surface area (TPSA) is 40.5 Å². The maximum atomic E-state index is 9.76. The van der Waals surface area contributed by atoms with Crippen LogP contribution in [0.5, 0.6) is 0 Å². The summed E-state index contributed by atoms with van der Waals surface area (Å²) < 4.78 is 0. The van der Waals surface area contributed by atoms with E-state index in [4.69, 9.17) is 5.11 Å². The van der Waals surface area contributed by atoms with Gasteiger partial charge in [0.1, 0.15) is 0 Å². The Morgan fingerprint density at radius 2 is 1.19 bits per heavy atom. The van der Waals surface area contributed by atoms with Gasteiger partial charge in [-0.2, -0.15) is 0 Å². The van der Waals surface area contributed by atoms with Crippen LogP contribution in [0.25, 0.3) is 0 Å². The largest absolute Gasteiger partial charge is 0.393 e. The van der Waals surface area contributed by atoms with Gasteiger partial charge in [-0.1, -0.05) is 79.1 Å². The third kappa shape index (κ3) is 13.3. The summed E-state index contributed by atoms with van der Waals surface area (Å²) in [5.41, 5.74) is -0.884. The van der Waals surface area contributed by atoms with Crippen molar-refractivity contribution in [2.45, 2.75) is 98.0 Å². The molecule has 3 atom stereocenters. The smallest absolute Gasteiger partial charge is 0.0849 e. The Balaban J connectivity index is 3.54. The summed E-state index contributed by atoms with van der Waals surface area (Å²) in [5.74, 6) is 2.45. The predicted molar refractivity (Wildman–Crippen MR) is 92.4 cm³/mol. The summed E-state index contributed by atoms with van der Waals surface area (Å²) in [7, 11) is 0. The lowest BCUT2D eigenvalue weighted by Crippen LogP contribution is -2.28. The van der Waals surface area contributed by atoms with Crippen LogP contribution in [0.15, 0.2) is 0 Å². The molecule has 2 heteroatoms. The summed E-state index contributed by atoms with van der Waals surface area (Å²) in [6, 6.07) is 0. The van der Waals surface area contributed by atoms with Crippen molar-refractivity contribution >= 4 is 0 Å². The molecule has 0 saturated carbocycles. The highest BCUT2D eigenvalue weighted by atomic mass is 16.3. The van der Waals surface area contributed by atoms with E-state index in [1.807, 2.05) is 0 Å². The van der Waals surface area contributed by atoms with Crippen molar-refractivity contribution in [2.75, 3.05) is 6.61 Å². The molecule has 0 aromatic heterocycles. The maximum Gasteiger partial charge on any atom is 0.0849 e. The van der Waals surface area contributed by atoms with Crippen LogP contribution in [0.1, 0.15) is 92.4 Å². The minimum Gasteiger partial charge on any atom is -0.393 e. The van der Waals surface area contributed by atoms with Gasteiger partial charge in [0.15, 0.2) is 0 Å². The van der Waals surface area contributed by atoms with Crippen molar-refractivity contribution < 1.29 is 10.2 Å². The lowest BCUT2D eigenvalue weighted by atomic mass is 9.90. The predicted octanol–water partition coefficient (Wildman–Crippen LogP) is 5.17. The first-order chi connectivity index (χ1) is 9.76. The van der Waals surface area contributed by atoms with Crippen molar-refractivity contribution in [3.63, 3.8) is 0 Å². The first kappa shape index (κ1) is 20.9. The molecule has 0 aromatic carbocycles. The molecule has 0 saturated heterocycles. The standard InChI is InChI=1S/C19H40O2/c1-16(2)9-6-10-17(3)11-7-12-18(4)13-8-14-19(5,21)15-20/h16-18,20-21H,6-15H2,1-5H3. The normalized spacial score (nSPS) is 17.7. The van der Waals surface area contributed by atoms with Crippen molar-refractivity contribution in [3.05, 3.63) is 0 Å². The summed E-state index contributed by atoms with van der Waals surface area (Å²) in [4.78, 5) is 0. The SMILES string of the molecule is CC(C)CCCC(C)CCCC(C)CCCC(C)(O)CO. The van der Waals surface area contributed by atoms with Crippen LogP contribution in [0.4, 0.5) is 0 Å². The fraction of sp³-hybridized carbons (Fsp3) is 1.00. The number of aliphatic hydroxyl groups is 2. The molecule has 0 amide bonds. The van der Waals surface area contributed by atoms with Gasteiger partial charge in [-0.15, -0.1) is 0 Å². The van der Waals surface area contributed by atoms with E-state index in [2.05, 4.69) is 27.7 Å². The van der Waals surface area contributed by atoms with Crippen molar-refractivity contribution in [1.82, 2.24) is 0 Å². The molecule has 0 aliphatic rings. The summed E-state index contributed by atoms with van der Waals surface area (Å²) in [5, 5.41) is 18.8. The zero-order valence-electron chi connectivity index (χ0n) is 15.2. The molecular weight excluding hydrogens is 260 g/mol. The minimum absolute atomic E-state index is 0.130. The van der Waals surface area contributed by atoms with Gasteiger partial charge in [-0.25, -0.2) is 0 Å². The molecule has 0 heterocycles. The van der Waals surface area contributed by atoms with E-state index in [0.717, 1.165) is 30.6 Å². The van der Waals surface area contributed by atoms with Gasteiger partial charge in [-0.05, 0) is 31.1 Å². The molecule has 2 nitrogen and oxygen atoms in total. The molecule has 0 fully saturated rings. The Hall–Kier alpha value is -0.0800. The molecular formula is C19H40O2. The van der Waals surface area contributed by atoms with Crippen LogP contribution in [0.2, 0.25) is 0 Å². The average Bonchev–Trinajstić information content (AvgIpc) is 2.38. The molecule has 2 N–H and O–H groups in total. The van der Waals surface area contributed by atoms with Crippen LogP contribution < -0.4 is 0 Å². The summed E-state index contributed by atoms with van der Waals surface area (Å²) >= 11 is 0. The highest BCUT2D eigenvalue weighted by Crippen LogP contribution is 2.22. The lowest BCUT2D eigenvalue weighted by molar-refractivity contribution is -0.00757. The molecule has 0 aliphatic heterocycles. The van der Waals surface area contributed by atoms with Gasteiger partial charge in [0.05, 0.1) is 12.2 Å². The Labute approximate surface area is 133 Å². The second-order valence-electron chi connectivity index (χ2n) is 8.01. The van der Waals surface area contributed by atoms with Crippen molar-refractivity contribution in [1.29, 1.82) is 0 Å². The molecule has 0 aliphatic carbocycles. The Morgan fingerprint density at radius 3 is 1.62 bits per heavy atom. The molecule has 21 heavy (non-hydrogen) atoms. The van der Waals surface area contributed by atoms with Crippen LogP contribution in [-0.2, 0) is 0 Å². The molecule has 0 bridgehead atoms. The van der Waals surface area contributed by atoms with Gasteiger partial charge in [0.25, 0.3) is 0 Å². The maximum absolute atomic E-state index is 9.76. The van der Waals surface area contributed by atoms with Gasteiger partial charge in [0.2, 0.25) is 0 Å². The van der Waals surface area contributed by atoms with Gasteiger partial charge >= 0.3 is 0 Å². The van der Waals surface area contributed by atoms with Crippen LogP contribution in [0, 0.1) is 17.8 Å². The van der Waals surface area contributed by atoms with E-state index in [1.165, 1.54) is 38.5 Å². The number of hydrogen-bond acceptors (Lipinski definition) is 2. The van der Waals surface area contributed by atoms with E-state index < -0.39 is 5.60 Å². The minimum atomic E-state index is -0.884. The molecule has 128 valence electrons. The van der Waals surface area contributed by atoms with E-state index in [-0.39, 0.29) is 6.61 Å². The zero-order valence-corrected chi connectivity index (χ0v) is 15.2. The van der Waals surface area contributed by atoms with Crippen molar-refractivity contribution in [3.8, 4) is 0 Å². The number of rotatable bonds is 13. The van der Waals surface area contributed by atoms with E-state index in [9.17, 15) is 5.11 Å². The first-order valence-corrected chi connectivity index (χ1v) is 9.10. The van der Waals surface area contributed by atoms with E-state index >= 15 is 0 Å². The number of aliphatic hydroxyl groups excluding tert-OH is 1. The highest BCUT2D eigenvalue weighted by Gasteiger charge is 2.18. The molecule has 0 radical (unpaired) electrons. The molecule has 0 aromatic rings. The van der Waals surface area contributed by atoms with E-state index in [0.29, 0.717) is 6.42 Å². The van der Waals surface area contributed by atoms with Gasteiger partial charge in [0, 0.05) is 0 Å². The average molecular weight is 301 g/mol. The Morgan fingerprint density at radius 1 is 0.762 bits per heavy atom. The lowest BCUT2D eigenvalue weighted by Gasteiger charge is -2.21. The van der Waals surface area contributed by atoms with Crippen LogP contribution in [0.3, 0.4) is 0 Å². The monoisotopic (exact) mass is 300 g/mol. The third-order valence-electron chi connectivity index (χ3n) is 4.63. The second-order valence-corrected chi connectivity index (χ2v) is 8.01. The first-order valence-electron chi connectivity index (χ1n) is 9.10. The van der Waals surface area contributed by atoms with Crippen molar-refractivity contribution in [2.24, 2.45) is 17.8 Å². The molecule has 0 spiro atoms. The fourth-order valence-electron chi connectivity index (χ4n) is 2.89. The van der Waals surface area contributed by atoms with Crippen LogP contribution in [-0.4, -0.2) is 22.4 Å². The Kier molecular flexibility index (Phi) is 11.4. The van der Waals surface area contributed by atoms with Crippen LogP contribution >= 0.6 is 0 Å². The fourth-order valence-corrected chi connectivity index (χ4v) is 2.89. The van der Waals surface area contributed by atoms with Gasteiger partial charge < -0.3 is 10.2 Å². The highest BCUT2D eigenvalue weighted by molar-refractivity contribution is 4.71. The number of hydrogen-bond donors (Lipinski definition) is 2. The van der Waals surface area contributed by atoms with E-state index in [1.54, 1.807) is 6.92 Å². The third-order valence-corrected chi connectivity index (χ3v) is 4.63. The zero-order chi connectivity index (χ0) is 16.3. The second kappa shape index (κ2) is 11.5. The summed E-state index contributed by atoms with van der Waals surface area (Å²) in [6.07, 6.45) is 11.0. The Bertz CT molecular complexity index is 236.